The minimum Gasteiger partial charge on any atom is -0.361 e. The highest BCUT2D eigenvalue weighted by molar-refractivity contribution is 14.0. The zero-order valence-electron chi connectivity index (χ0n) is 14.6. The van der Waals surface area contributed by atoms with Crippen LogP contribution in [-0.4, -0.2) is 17.7 Å². The van der Waals surface area contributed by atoms with E-state index >= 15 is 0 Å². The summed E-state index contributed by atoms with van der Waals surface area (Å²) < 4.78 is 5.41. The lowest BCUT2D eigenvalue weighted by molar-refractivity contribution is 0.380. The zero-order valence-corrected chi connectivity index (χ0v) is 17.0. The lowest BCUT2D eigenvalue weighted by atomic mass is 10.1. The van der Waals surface area contributed by atoms with Crippen LogP contribution in [0.1, 0.15) is 43.4 Å². The quantitative estimate of drug-likeness (QED) is 0.390. The predicted molar refractivity (Wildman–Crippen MR) is 109 cm³/mol. The lowest BCUT2D eigenvalue weighted by Gasteiger charge is -2.11. The first-order valence-electron chi connectivity index (χ1n) is 8.30. The van der Waals surface area contributed by atoms with Crippen LogP contribution in [0, 0.1) is 0 Å². The van der Waals surface area contributed by atoms with Crippen molar-refractivity contribution < 1.29 is 4.52 Å². The van der Waals surface area contributed by atoms with Gasteiger partial charge in [-0.2, -0.15) is 0 Å². The minimum atomic E-state index is 0. The maximum atomic E-state index is 5.41. The third-order valence-corrected chi connectivity index (χ3v) is 3.65. The summed E-state index contributed by atoms with van der Waals surface area (Å²) in [6, 6.07) is 10.2. The third-order valence-electron chi connectivity index (χ3n) is 3.65. The van der Waals surface area contributed by atoms with Gasteiger partial charge >= 0.3 is 0 Å². The highest BCUT2D eigenvalue weighted by Crippen LogP contribution is 2.15. The molecule has 1 heterocycles. The highest BCUT2D eigenvalue weighted by atomic mass is 127. The van der Waals surface area contributed by atoms with Gasteiger partial charge in [0, 0.05) is 25.1 Å². The fourth-order valence-electron chi connectivity index (χ4n) is 2.41. The molecule has 1 aromatic heterocycles. The molecule has 0 bridgehead atoms. The van der Waals surface area contributed by atoms with Crippen LogP contribution in [0.3, 0.4) is 0 Å². The number of nitrogens with one attached hydrogen (secondary N) is 2. The fraction of sp³-hybridized carbons (Fsp3) is 0.444. The van der Waals surface area contributed by atoms with E-state index in [2.05, 4.69) is 53.7 Å². The summed E-state index contributed by atoms with van der Waals surface area (Å²) >= 11 is 0. The second kappa shape index (κ2) is 11.1. The highest BCUT2D eigenvalue weighted by Gasteiger charge is 2.13. The van der Waals surface area contributed by atoms with Gasteiger partial charge in [0.2, 0.25) is 0 Å². The van der Waals surface area contributed by atoms with E-state index in [4.69, 9.17) is 4.52 Å². The Morgan fingerprint density at radius 1 is 1.08 bits per heavy atom. The molecular formula is C18H27IN4O. The molecule has 0 radical (unpaired) electrons. The molecule has 0 saturated heterocycles. The summed E-state index contributed by atoms with van der Waals surface area (Å²) in [5.41, 5.74) is 3.37. The van der Waals surface area contributed by atoms with Gasteiger partial charge in [-0.25, -0.2) is 4.99 Å². The van der Waals surface area contributed by atoms with Gasteiger partial charge in [0.15, 0.2) is 5.96 Å². The van der Waals surface area contributed by atoms with Gasteiger partial charge in [0.05, 0.1) is 12.2 Å². The van der Waals surface area contributed by atoms with E-state index in [9.17, 15) is 0 Å². The van der Waals surface area contributed by atoms with Crippen molar-refractivity contribution in [2.75, 3.05) is 6.54 Å². The van der Waals surface area contributed by atoms with Crippen LogP contribution in [0.25, 0.3) is 0 Å². The van der Waals surface area contributed by atoms with Crippen LogP contribution in [0.5, 0.6) is 0 Å². The van der Waals surface area contributed by atoms with Crippen molar-refractivity contribution in [3.63, 3.8) is 0 Å². The standard InChI is InChI=1S/C18H26N4O.HI/c1-4-16-15(17(5-2)23-22-16)13-21-18(19-6-3)20-12-14-10-8-7-9-11-14;/h7-11H,4-6,12-13H2,1-3H3,(H2,19,20,21);1H. The summed E-state index contributed by atoms with van der Waals surface area (Å²) in [4.78, 5) is 4.64. The summed E-state index contributed by atoms with van der Waals surface area (Å²) in [5.74, 6) is 1.76. The van der Waals surface area contributed by atoms with Crippen molar-refractivity contribution in [2.24, 2.45) is 4.99 Å². The second-order valence-corrected chi connectivity index (χ2v) is 5.27. The molecule has 0 atom stereocenters. The van der Waals surface area contributed by atoms with Crippen LogP contribution in [0.2, 0.25) is 0 Å². The minimum absolute atomic E-state index is 0. The number of nitrogens with zero attached hydrogens (tertiary/aromatic N) is 2. The van der Waals surface area contributed by atoms with Crippen molar-refractivity contribution >= 4 is 29.9 Å². The second-order valence-electron chi connectivity index (χ2n) is 5.27. The Labute approximate surface area is 161 Å². The molecule has 24 heavy (non-hydrogen) atoms. The number of benzene rings is 1. The topological polar surface area (TPSA) is 62.5 Å². The van der Waals surface area contributed by atoms with E-state index in [0.29, 0.717) is 13.1 Å². The Hall–Kier alpha value is -1.57. The largest absolute Gasteiger partial charge is 0.361 e. The number of aromatic nitrogens is 1. The average molecular weight is 442 g/mol. The first kappa shape index (κ1) is 20.5. The number of rotatable bonds is 7. The molecule has 0 aliphatic rings. The number of guanidine groups is 1. The molecule has 2 aromatic rings. The Bertz CT molecular complexity index is 604. The Kier molecular flexibility index (Phi) is 9.44. The van der Waals surface area contributed by atoms with Crippen molar-refractivity contribution in [2.45, 2.75) is 46.7 Å². The normalized spacial score (nSPS) is 11.0. The Balaban J connectivity index is 0.00000288. The van der Waals surface area contributed by atoms with Crippen LogP contribution < -0.4 is 10.6 Å². The first-order valence-corrected chi connectivity index (χ1v) is 8.30. The molecule has 0 spiro atoms. The first-order chi connectivity index (χ1) is 11.3. The molecule has 5 nitrogen and oxygen atoms in total. The summed E-state index contributed by atoms with van der Waals surface area (Å²) in [6.45, 7) is 8.39. The van der Waals surface area contributed by atoms with Gasteiger partial charge in [-0.05, 0) is 18.9 Å². The molecule has 0 fully saturated rings. The number of aryl methyl sites for hydroxylation is 2. The molecular weight excluding hydrogens is 415 g/mol. The lowest BCUT2D eigenvalue weighted by Crippen LogP contribution is -2.37. The third kappa shape index (κ3) is 5.81. The van der Waals surface area contributed by atoms with Crippen molar-refractivity contribution in [3.8, 4) is 0 Å². The van der Waals surface area contributed by atoms with Crippen LogP contribution in [0.4, 0.5) is 0 Å². The predicted octanol–water partition coefficient (Wildman–Crippen LogP) is 3.67. The van der Waals surface area contributed by atoms with Gasteiger partial charge in [0.1, 0.15) is 5.76 Å². The van der Waals surface area contributed by atoms with E-state index in [1.807, 2.05) is 18.2 Å². The number of aliphatic imine (C=N–C) groups is 1. The molecule has 2 rings (SSSR count). The monoisotopic (exact) mass is 442 g/mol. The number of hydrogen-bond acceptors (Lipinski definition) is 3. The maximum Gasteiger partial charge on any atom is 0.191 e. The fourth-order valence-corrected chi connectivity index (χ4v) is 2.41. The van der Waals surface area contributed by atoms with Crippen LogP contribution in [0.15, 0.2) is 39.8 Å². The molecule has 0 unspecified atom stereocenters. The van der Waals surface area contributed by atoms with Crippen molar-refractivity contribution in [1.29, 1.82) is 0 Å². The van der Waals surface area contributed by atoms with E-state index in [1.165, 1.54) is 5.56 Å². The molecule has 0 amide bonds. The molecule has 0 saturated carbocycles. The van der Waals surface area contributed by atoms with Gasteiger partial charge in [-0.1, -0.05) is 49.3 Å². The number of hydrogen-bond donors (Lipinski definition) is 2. The molecule has 132 valence electrons. The smallest absolute Gasteiger partial charge is 0.191 e. The molecule has 2 N–H and O–H groups in total. The molecule has 0 aliphatic heterocycles. The summed E-state index contributed by atoms with van der Waals surface area (Å²) in [6.07, 6.45) is 1.72. The van der Waals surface area contributed by atoms with Crippen molar-refractivity contribution in [3.05, 3.63) is 52.9 Å². The van der Waals surface area contributed by atoms with Gasteiger partial charge in [-0.15, -0.1) is 24.0 Å². The van der Waals surface area contributed by atoms with E-state index in [-0.39, 0.29) is 24.0 Å². The van der Waals surface area contributed by atoms with E-state index < -0.39 is 0 Å². The van der Waals surface area contributed by atoms with E-state index in [1.54, 1.807) is 0 Å². The van der Waals surface area contributed by atoms with Gasteiger partial charge < -0.3 is 15.2 Å². The maximum absolute atomic E-state index is 5.41. The summed E-state index contributed by atoms with van der Waals surface area (Å²) in [5, 5.41) is 10.8. The van der Waals surface area contributed by atoms with Crippen LogP contribution in [-0.2, 0) is 25.9 Å². The zero-order chi connectivity index (χ0) is 16.5. The molecule has 0 aliphatic carbocycles. The van der Waals surface area contributed by atoms with Gasteiger partial charge in [0.25, 0.3) is 0 Å². The average Bonchev–Trinajstić information content (AvgIpc) is 3.00. The molecule has 6 heteroatoms. The molecule has 1 aromatic carbocycles. The Morgan fingerprint density at radius 2 is 1.83 bits per heavy atom. The number of halogens is 1. The SMILES string of the molecule is CCNC(=NCc1ccccc1)NCc1c(CC)noc1CC.I. The van der Waals surface area contributed by atoms with Crippen molar-refractivity contribution in [1.82, 2.24) is 15.8 Å². The van der Waals surface area contributed by atoms with Gasteiger partial charge in [-0.3, -0.25) is 0 Å². The Morgan fingerprint density at radius 3 is 2.46 bits per heavy atom. The van der Waals surface area contributed by atoms with E-state index in [0.717, 1.165) is 42.4 Å². The summed E-state index contributed by atoms with van der Waals surface area (Å²) in [7, 11) is 0. The van der Waals surface area contributed by atoms with Crippen LogP contribution >= 0.6 is 24.0 Å².